The van der Waals surface area contributed by atoms with Crippen LogP contribution in [0.25, 0.3) is 0 Å². The van der Waals surface area contributed by atoms with Gasteiger partial charge in [0.2, 0.25) is 5.82 Å². The van der Waals surface area contributed by atoms with Gasteiger partial charge < -0.3 is 9.47 Å². The number of anilines is 1. The molecule has 1 aromatic heterocycles. The largest absolute Gasteiger partial charge is 0.465 e. The Morgan fingerprint density at radius 1 is 1.00 bits per heavy atom. The summed E-state index contributed by atoms with van der Waals surface area (Å²) in [6.45, 7) is 0. The number of rotatable bonds is 7. The van der Waals surface area contributed by atoms with Crippen molar-refractivity contribution in [2.75, 3.05) is 12.5 Å². The maximum atomic E-state index is 12.1. The standard InChI is InChI=1S/C19H15N5O6/c1-29-19(26)13-7-9-14(10-8-13)30-18-15(24(27)28)16(20-11-21-18)22-23-17(25)12-5-3-2-4-6-12/h2-11H,1H3,(H,23,25)(H,20,21,22). The van der Waals surface area contributed by atoms with Gasteiger partial charge in [-0.3, -0.25) is 25.8 Å². The fourth-order valence-corrected chi connectivity index (χ4v) is 2.36. The van der Waals surface area contributed by atoms with Crippen LogP contribution in [0.2, 0.25) is 0 Å². The number of amides is 1. The first-order valence-corrected chi connectivity index (χ1v) is 8.46. The van der Waals surface area contributed by atoms with Crippen LogP contribution >= 0.6 is 0 Å². The van der Waals surface area contributed by atoms with Gasteiger partial charge in [-0.2, -0.15) is 4.98 Å². The molecule has 0 fully saturated rings. The van der Waals surface area contributed by atoms with Crippen molar-refractivity contribution in [3.63, 3.8) is 0 Å². The van der Waals surface area contributed by atoms with Gasteiger partial charge in [0.05, 0.1) is 17.6 Å². The molecule has 0 bridgehead atoms. The summed E-state index contributed by atoms with van der Waals surface area (Å²) < 4.78 is 10.1. The quantitative estimate of drug-likeness (QED) is 0.341. The molecule has 2 aromatic carbocycles. The zero-order valence-corrected chi connectivity index (χ0v) is 15.6. The van der Waals surface area contributed by atoms with Crippen molar-refractivity contribution < 1.29 is 24.0 Å². The molecule has 3 rings (SSSR count). The van der Waals surface area contributed by atoms with Crippen LogP contribution in [0.5, 0.6) is 11.6 Å². The van der Waals surface area contributed by atoms with Crippen LogP contribution in [-0.4, -0.2) is 33.9 Å². The van der Waals surface area contributed by atoms with E-state index in [0.29, 0.717) is 5.56 Å². The molecular weight excluding hydrogens is 394 g/mol. The van der Waals surface area contributed by atoms with Crippen molar-refractivity contribution in [1.29, 1.82) is 0 Å². The molecule has 0 unspecified atom stereocenters. The third-order valence-electron chi connectivity index (χ3n) is 3.79. The first-order chi connectivity index (χ1) is 14.5. The van der Waals surface area contributed by atoms with Crippen LogP contribution in [-0.2, 0) is 4.74 Å². The van der Waals surface area contributed by atoms with E-state index in [0.717, 1.165) is 6.33 Å². The van der Waals surface area contributed by atoms with Crippen LogP contribution in [0, 0.1) is 10.1 Å². The highest BCUT2D eigenvalue weighted by atomic mass is 16.6. The van der Waals surface area contributed by atoms with E-state index < -0.39 is 22.5 Å². The number of methoxy groups -OCH3 is 1. The molecule has 0 saturated heterocycles. The molecule has 0 aliphatic carbocycles. The fourth-order valence-electron chi connectivity index (χ4n) is 2.36. The molecule has 0 spiro atoms. The summed E-state index contributed by atoms with van der Waals surface area (Å²) >= 11 is 0. The molecule has 2 N–H and O–H groups in total. The van der Waals surface area contributed by atoms with Crippen molar-refractivity contribution in [3.05, 3.63) is 82.2 Å². The number of carbonyl (C=O) groups is 2. The number of esters is 1. The predicted molar refractivity (Wildman–Crippen MR) is 104 cm³/mol. The SMILES string of the molecule is COC(=O)c1ccc(Oc2ncnc(NNC(=O)c3ccccc3)c2[N+](=O)[O-])cc1. The Morgan fingerprint density at radius 2 is 1.70 bits per heavy atom. The van der Waals surface area contributed by atoms with Crippen molar-refractivity contribution in [2.24, 2.45) is 0 Å². The number of benzene rings is 2. The minimum atomic E-state index is -0.741. The van der Waals surface area contributed by atoms with E-state index in [2.05, 4.69) is 25.6 Å². The van der Waals surface area contributed by atoms with E-state index >= 15 is 0 Å². The summed E-state index contributed by atoms with van der Waals surface area (Å²) in [6.07, 6.45) is 1.04. The zero-order valence-electron chi connectivity index (χ0n) is 15.6. The topological polar surface area (TPSA) is 146 Å². The van der Waals surface area contributed by atoms with E-state index in [1.807, 2.05) is 0 Å². The number of ether oxygens (including phenoxy) is 2. The smallest absolute Gasteiger partial charge is 0.374 e. The van der Waals surface area contributed by atoms with Gasteiger partial charge >= 0.3 is 17.5 Å². The zero-order chi connectivity index (χ0) is 21.5. The number of carbonyl (C=O) groups excluding carboxylic acids is 2. The van der Waals surface area contributed by atoms with Crippen molar-refractivity contribution in [1.82, 2.24) is 15.4 Å². The first-order valence-electron chi connectivity index (χ1n) is 8.46. The summed E-state index contributed by atoms with van der Waals surface area (Å²) in [4.78, 5) is 42.0. The average molecular weight is 409 g/mol. The third kappa shape index (κ3) is 4.65. The Morgan fingerprint density at radius 3 is 2.33 bits per heavy atom. The van der Waals surface area contributed by atoms with Gasteiger partial charge in [0.15, 0.2) is 0 Å². The molecule has 0 aliphatic heterocycles. The Balaban J connectivity index is 1.80. The second-order valence-corrected chi connectivity index (χ2v) is 5.70. The van der Waals surface area contributed by atoms with Crippen molar-refractivity contribution >= 4 is 23.4 Å². The monoisotopic (exact) mass is 409 g/mol. The number of nitro groups is 1. The van der Waals surface area contributed by atoms with Gasteiger partial charge in [-0.1, -0.05) is 18.2 Å². The minimum Gasteiger partial charge on any atom is -0.465 e. The second-order valence-electron chi connectivity index (χ2n) is 5.70. The molecule has 152 valence electrons. The number of hydrogen-bond acceptors (Lipinski definition) is 9. The van der Waals surface area contributed by atoms with E-state index in [1.54, 1.807) is 30.3 Å². The fraction of sp³-hybridized carbons (Fsp3) is 0.0526. The molecule has 0 aliphatic rings. The average Bonchev–Trinajstić information content (AvgIpc) is 2.77. The number of aromatic nitrogens is 2. The molecule has 0 radical (unpaired) electrons. The maximum Gasteiger partial charge on any atom is 0.374 e. The van der Waals surface area contributed by atoms with Gasteiger partial charge in [0, 0.05) is 5.56 Å². The van der Waals surface area contributed by atoms with E-state index in [1.165, 1.54) is 31.4 Å². The van der Waals surface area contributed by atoms with E-state index in [4.69, 9.17) is 4.74 Å². The van der Waals surface area contributed by atoms with Crippen LogP contribution in [0.3, 0.4) is 0 Å². The Labute approximate surface area is 169 Å². The van der Waals surface area contributed by atoms with Crippen molar-refractivity contribution in [3.8, 4) is 11.6 Å². The van der Waals surface area contributed by atoms with Crippen LogP contribution in [0.1, 0.15) is 20.7 Å². The normalized spacial score (nSPS) is 10.0. The lowest BCUT2D eigenvalue weighted by atomic mass is 10.2. The number of nitrogens with zero attached hydrogens (tertiary/aromatic N) is 3. The van der Waals surface area contributed by atoms with Gasteiger partial charge in [-0.05, 0) is 36.4 Å². The summed E-state index contributed by atoms with van der Waals surface area (Å²) in [5, 5.41) is 11.6. The lowest BCUT2D eigenvalue weighted by Gasteiger charge is -2.10. The Kier molecular flexibility index (Phi) is 6.13. The molecule has 11 nitrogen and oxygen atoms in total. The lowest BCUT2D eigenvalue weighted by Crippen LogP contribution is -2.30. The third-order valence-corrected chi connectivity index (χ3v) is 3.79. The number of nitrogens with one attached hydrogen (secondary N) is 2. The van der Waals surface area contributed by atoms with E-state index in [9.17, 15) is 19.7 Å². The highest BCUT2D eigenvalue weighted by Crippen LogP contribution is 2.33. The summed E-state index contributed by atoms with van der Waals surface area (Å²) in [6, 6.07) is 14.0. The highest BCUT2D eigenvalue weighted by molar-refractivity contribution is 5.95. The first kappa shape index (κ1) is 20.2. The maximum absolute atomic E-state index is 12.1. The summed E-state index contributed by atoms with van der Waals surface area (Å²) in [5.74, 6) is -1.46. The molecule has 0 saturated carbocycles. The molecule has 0 atom stereocenters. The van der Waals surface area contributed by atoms with Crippen LogP contribution in [0.4, 0.5) is 11.5 Å². The molecular formula is C19H15N5O6. The lowest BCUT2D eigenvalue weighted by molar-refractivity contribution is -0.385. The summed E-state index contributed by atoms with van der Waals surface area (Å²) in [7, 11) is 1.25. The van der Waals surface area contributed by atoms with Crippen molar-refractivity contribution in [2.45, 2.75) is 0 Å². The predicted octanol–water partition coefficient (Wildman–Crippen LogP) is 2.72. The van der Waals surface area contributed by atoms with Gasteiger partial charge in [0.25, 0.3) is 5.91 Å². The van der Waals surface area contributed by atoms with Crippen LogP contribution < -0.4 is 15.6 Å². The van der Waals surface area contributed by atoms with E-state index in [-0.39, 0.29) is 23.0 Å². The van der Waals surface area contributed by atoms with Gasteiger partial charge in [0.1, 0.15) is 12.1 Å². The van der Waals surface area contributed by atoms with Gasteiger partial charge in [-0.15, -0.1) is 0 Å². The van der Waals surface area contributed by atoms with Crippen LogP contribution in [0.15, 0.2) is 60.9 Å². The molecule has 1 amide bonds. The number of hydrogen-bond donors (Lipinski definition) is 2. The minimum absolute atomic E-state index is 0.198. The molecule has 11 heteroatoms. The molecule has 30 heavy (non-hydrogen) atoms. The number of hydrazine groups is 1. The summed E-state index contributed by atoms with van der Waals surface area (Å²) in [5.41, 5.74) is 4.81. The second kappa shape index (κ2) is 9.10. The molecule has 3 aromatic rings. The Bertz CT molecular complexity index is 1070. The van der Waals surface area contributed by atoms with Gasteiger partial charge in [-0.25, -0.2) is 9.78 Å². The molecule has 1 heterocycles. The Hall–Kier alpha value is -4.54. The highest BCUT2D eigenvalue weighted by Gasteiger charge is 2.25.